The number of hydrogen-bond donors (Lipinski definition) is 1. The molecule has 1 aliphatic rings. The van der Waals surface area contributed by atoms with Crippen LogP contribution in [0.15, 0.2) is 42.5 Å². The number of hydrogen-bond acceptors (Lipinski definition) is 3. The average Bonchev–Trinajstić information content (AvgIpc) is 3.05. The molecule has 1 unspecified atom stereocenters. The Bertz CT molecular complexity index is 833. The highest BCUT2D eigenvalue weighted by Gasteiger charge is 2.45. The van der Waals surface area contributed by atoms with E-state index >= 15 is 0 Å². The van der Waals surface area contributed by atoms with E-state index in [1.165, 1.54) is 0 Å². The first-order valence-corrected chi connectivity index (χ1v) is 9.17. The Balaban J connectivity index is 1.52. The molecule has 2 aromatic carbocycles. The third-order valence-corrected chi connectivity index (χ3v) is 5.46. The molecule has 5 nitrogen and oxygen atoms in total. The van der Waals surface area contributed by atoms with Crippen molar-refractivity contribution in [3.63, 3.8) is 0 Å². The number of nitrogens with zero attached hydrogens (tertiary/aromatic N) is 1. The number of amides is 3. The Kier molecular flexibility index (Phi) is 5.47. The Morgan fingerprint density at radius 2 is 1.92 bits per heavy atom. The van der Waals surface area contributed by atoms with Crippen LogP contribution in [-0.2, 0) is 20.9 Å². The second-order valence-electron chi connectivity index (χ2n) is 7.10. The van der Waals surface area contributed by atoms with E-state index in [1.807, 2.05) is 37.3 Å². The fraction of sp³-hybridized carbons (Fsp3) is 0.381. The molecule has 3 rings (SSSR count). The Morgan fingerprint density at radius 1 is 1.15 bits per heavy atom. The van der Waals surface area contributed by atoms with Crippen LogP contribution >= 0.6 is 0 Å². The third-order valence-electron chi connectivity index (χ3n) is 5.46. The normalized spacial score (nSPS) is 22.3. The molecule has 26 heavy (non-hydrogen) atoms. The van der Waals surface area contributed by atoms with Crippen LogP contribution in [-0.4, -0.2) is 35.3 Å². The molecule has 1 aliphatic heterocycles. The van der Waals surface area contributed by atoms with Crippen molar-refractivity contribution in [3.8, 4) is 0 Å². The first-order chi connectivity index (χ1) is 12.5. The van der Waals surface area contributed by atoms with Crippen LogP contribution in [0.1, 0.15) is 38.2 Å². The summed E-state index contributed by atoms with van der Waals surface area (Å²) in [6.45, 7) is 2.92. The van der Waals surface area contributed by atoms with E-state index in [0.717, 1.165) is 35.6 Å². The van der Waals surface area contributed by atoms with Gasteiger partial charge in [0.05, 0.1) is 13.0 Å². The second kappa shape index (κ2) is 7.79. The van der Waals surface area contributed by atoms with Gasteiger partial charge in [-0.25, -0.2) is 9.59 Å². The number of imide groups is 1. The van der Waals surface area contributed by atoms with E-state index in [0.29, 0.717) is 13.1 Å². The van der Waals surface area contributed by atoms with Crippen molar-refractivity contribution < 1.29 is 18.9 Å². The summed E-state index contributed by atoms with van der Waals surface area (Å²) in [4.78, 5) is 36.1. The Hall–Kier alpha value is -2.53. The number of benzene rings is 2. The highest BCUT2D eigenvalue weighted by Crippen LogP contribution is 2.26. The van der Waals surface area contributed by atoms with Crippen LogP contribution in [0, 0.1) is 0 Å². The zero-order valence-corrected chi connectivity index (χ0v) is 15.1. The second-order valence-corrected chi connectivity index (χ2v) is 7.10. The van der Waals surface area contributed by atoms with Crippen molar-refractivity contribution in [1.82, 2.24) is 5.32 Å². The predicted molar refractivity (Wildman–Crippen MR) is 99.9 cm³/mol. The molecule has 1 N–H and O–H groups in total. The van der Waals surface area contributed by atoms with Crippen LogP contribution in [0.2, 0.25) is 0 Å². The lowest BCUT2D eigenvalue weighted by atomic mass is 10.1. The summed E-state index contributed by atoms with van der Waals surface area (Å²) in [5.74, 6) is -0.312. The highest BCUT2D eigenvalue weighted by atomic mass is 16.2. The molecule has 0 spiro atoms. The van der Waals surface area contributed by atoms with Gasteiger partial charge in [0, 0.05) is 25.8 Å². The number of nitrogens with one attached hydrogen (secondary N) is 1. The minimum absolute atomic E-state index is 0.0145. The van der Waals surface area contributed by atoms with Gasteiger partial charge < -0.3 is 5.32 Å². The van der Waals surface area contributed by atoms with Gasteiger partial charge in [-0.1, -0.05) is 36.4 Å². The molecule has 5 heteroatoms. The van der Waals surface area contributed by atoms with E-state index in [2.05, 4.69) is 17.4 Å². The van der Waals surface area contributed by atoms with Crippen molar-refractivity contribution in [1.29, 1.82) is 0 Å². The number of likely N-dealkylation sites (tertiary alicyclic amines) is 1. The predicted octanol–water partition coefficient (Wildman–Crippen LogP) is 2.92. The van der Waals surface area contributed by atoms with E-state index in [4.69, 9.17) is 0 Å². The number of rotatable bonds is 6. The van der Waals surface area contributed by atoms with Gasteiger partial charge in [0.25, 0.3) is 0 Å². The first kappa shape index (κ1) is 18.3. The highest BCUT2D eigenvalue weighted by molar-refractivity contribution is 5.84. The van der Waals surface area contributed by atoms with Crippen LogP contribution in [0.25, 0.3) is 10.8 Å². The van der Waals surface area contributed by atoms with E-state index in [9.17, 15) is 14.4 Å². The van der Waals surface area contributed by atoms with Crippen molar-refractivity contribution in [2.24, 2.45) is 0 Å². The van der Waals surface area contributed by atoms with Gasteiger partial charge in [-0.2, -0.15) is 4.48 Å². The van der Waals surface area contributed by atoms with Crippen LogP contribution in [0.3, 0.4) is 0 Å². The molecular formula is C21H25N2O3+. The molecule has 1 fully saturated rings. The average molecular weight is 353 g/mol. The third kappa shape index (κ3) is 3.68. The molecule has 136 valence electrons. The standard InChI is InChI=1S/C21H24N2O3/c1-16-5-4-12-23(16,15-24)21(26)11-10-20(25)22-14-17-8-9-18-6-2-3-7-19(18)13-17/h2-3,6-9,13,15-16H,4-5,10-12,14H2,1H3/p+1/t16-,23?/m1/s1. The largest absolute Gasteiger partial charge is 0.352 e. The number of fused-ring (bicyclic) bond motifs is 1. The van der Waals surface area contributed by atoms with Crippen molar-refractivity contribution in [2.45, 2.75) is 45.2 Å². The molecule has 0 radical (unpaired) electrons. The zero-order valence-electron chi connectivity index (χ0n) is 15.1. The van der Waals surface area contributed by atoms with E-state index < -0.39 is 0 Å². The topological polar surface area (TPSA) is 63.2 Å². The van der Waals surface area contributed by atoms with Gasteiger partial charge in [-0.05, 0) is 29.3 Å². The van der Waals surface area contributed by atoms with E-state index in [-0.39, 0.29) is 35.2 Å². The molecule has 0 aromatic heterocycles. The maximum Gasteiger partial charge on any atom is 0.321 e. The summed E-state index contributed by atoms with van der Waals surface area (Å²) in [7, 11) is 0. The molecule has 1 heterocycles. The summed E-state index contributed by atoms with van der Waals surface area (Å²) < 4.78 is -0.127. The molecule has 0 saturated carbocycles. The van der Waals surface area contributed by atoms with Gasteiger partial charge in [0.2, 0.25) is 5.91 Å². The van der Waals surface area contributed by atoms with Crippen molar-refractivity contribution in [2.75, 3.05) is 6.54 Å². The maximum atomic E-state index is 12.5. The minimum Gasteiger partial charge on any atom is -0.352 e. The van der Waals surface area contributed by atoms with Crippen molar-refractivity contribution >= 4 is 29.0 Å². The minimum atomic E-state index is -0.164. The molecular weight excluding hydrogens is 328 g/mol. The summed E-state index contributed by atoms with van der Waals surface area (Å²) >= 11 is 0. The Morgan fingerprint density at radius 3 is 2.62 bits per heavy atom. The van der Waals surface area contributed by atoms with Gasteiger partial charge in [-0.15, -0.1) is 0 Å². The number of carbonyl (C=O) groups excluding carboxylic acids is 3. The quantitative estimate of drug-likeness (QED) is 0.641. The zero-order chi connectivity index (χ0) is 18.6. The molecule has 2 atom stereocenters. The van der Waals surface area contributed by atoms with Crippen LogP contribution in [0.4, 0.5) is 0 Å². The Labute approximate surface area is 153 Å². The first-order valence-electron chi connectivity index (χ1n) is 9.17. The molecule has 3 amide bonds. The lowest BCUT2D eigenvalue weighted by Gasteiger charge is -2.28. The summed E-state index contributed by atoms with van der Waals surface area (Å²) in [6.07, 6.45) is 2.73. The molecule has 0 aliphatic carbocycles. The number of quaternary nitrogens is 1. The van der Waals surface area contributed by atoms with Crippen molar-refractivity contribution in [3.05, 3.63) is 48.0 Å². The summed E-state index contributed by atoms with van der Waals surface area (Å²) in [5, 5.41) is 5.16. The SMILES string of the molecule is C[C@@H]1CCC[N+]1(C=O)C(=O)CCC(=O)NCc1ccc2ccccc2c1. The van der Waals surface area contributed by atoms with Gasteiger partial charge >= 0.3 is 12.3 Å². The van der Waals surface area contributed by atoms with Gasteiger partial charge in [-0.3, -0.25) is 4.79 Å². The van der Waals surface area contributed by atoms with Crippen LogP contribution < -0.4 is 5.32 Å². The van der Waals surface area contributed by atoms with Gasteiger partial charge in [0.1, 0.15) is 6.04 Å². The van der Waals surface area contributed by atoms with Gasteiger partial charge in [0.15, 0.2) is 0 Å². The monoisotopic (exact) mass is 353 g/mol. The lowest BCUT2D eigenvalue weighted by molar-refractivity contribution is -0.780. The van der Waals surface area contributed by atoms with Crippen LogP contribution in [0.5, 0.6) is 0 Å². The molecule has 0 bridgehead atoms. The fourth-order valence-electron chi connectivity index (χ4n) is 3.75. The number of carbonyl (C=O) groups is 3. The summed E-state index contributed by atoms with van der Waals surface area (Å²) in [5.41, 5.74) is 1.02. The fourth-order valence-corrected chi connectivity index (χ4v) is 3.75. The molecule has 1 saturated heterocycles. The lowest BCUT2D eigenvalue weighted by Crippen LogP contribution is -2.54. The molecule has 2 aromatic rings. The summed E-state index contributed by atoms with van der Waals surface area (Å²) in [6, 6.07) is 14.2. The maximum absolute atomic E-state index is 12.5. The van der Waals surface area contributed by atoms with E-state index in [1.54, 1.807) is 0 Å². The smallest absolute Gasteiger partial charge is 0.321 e.